The van der Waals surface area contributed by atoms with E-state index in [2.05, 4.69) is 11.6 Å². The Bertz CT molecular complexity index is 398. The van der Waals surface area contributed by atoms with Crippen molar-refractivity contribution in [3.8, 4) is 0 Å². The number of pyridine rings is 1. The first-order chi connectivity index (χ1) is 8.08. The molecule has 1 heterocycles. The lowest BCUT2D eigenvalue weighted by atomic mass is 10.2. The van der Waals surface area contributed by atoms with E-state index >= 15 is 0 Å². The zero-order valence-corrected chi connectivity index (χ0v) is 11.0. The van der Waals surface area contributed by atoms with Gasteiger partial charge in [-0.1, -0.05) is 24.6 Å². The first-order valence-corrected chi connectivity index (χ1v) is 6.00. The van der Waals surface area contributed by atoms with Gasteiger partial charge in [-0.05, 0) is 25.5 Å². The third-order valence-electron chi connectivity index (χ3n) is 2.30. The molecule has 1 rings (SSSR count). The van der Waals surface area contributed by atoms with E-state index in [9.17, 15) is 4.79 Å². The Kier molecular flexibility index (Phi) is 5.16. The predicted octanol–water partition coefficient (Wildman–Crippen LogP) is 3.08. The zero-order valence-electron chi connectivity index (χ0n) is 10.2. The lowest BCUT2D eigenvalue weighted by Crippen LogP contribution is -2.32. The highest BCUT2D eigenvalue weighted by molar-refractivity contribution is 6.29. The summed E-state index contributed by atoms with van der Waals surface area (Å²) in [6, 6.07) is 3.35. The largest absolute Gasteiger partial charge is 0.335 e. The van der Waals surface area contributed by atoms with Crippen LogP contribution >= 0.6 is 11.6 Å². The number of carbonyl (C=O) groups is 1. The van der Waals surface area contributed by atoms with Gasteiger partial charge >= 0.3 is 0 Å². The highest BCUT2D eigenvalue weighted by atomic mass is 35.5. The van der Waals surface area contributed by atoms with Crippen LogP contribution in [0.5, 0.6) is 0 Å². The number of amides is 1. The van der Waals surface area contributed by atoms with Crippen LogP contribution in [-0.4, -0.2) is 28.9 Å². The Morgan fingerprint density at radius 3 is 2.82 bits per heavy atom. The van der Waals surface area contributed by atoms with E-state index in [0.29, 0.717) is 23.8 Å². The average Bonchev–Trinajstić information content (AvgIpc) is 2.26. The number of halogens is 1. The monoisotopic (exact) mass is 252 g/mol. The van der Waals surface area contributed by atoms with Gasteiger partial charge in [-0.2, -0.15) is 0 Å². The summed E-state index contributed by atoms with van der Waals surface area (Å²) in [7, 11) is 0. The van der Waals surface area contributed by atoms with Crippen LogP contribution in [0.15, 0.2) is 24.8 Å². The fourth-order valence-corrected chi connectivity index (χ4v) is 1.89. The maximum atomic E-state index is 12.2. The molecular formula is C13H17ClN2O. The fraction of sp³-hybridized carbons (Fsp3) is 0.385. The Hall–Kier alpha value is -1.35. The van der Waals surface area contributed by atoms with Crippen molar-refractivity contribution in [2.45, 2.75) is 20.3 Å². The molecule has 17 heavy (non-hydrogen) atoms. The topological polar surface area (TPSA) is 33.2 Å². The summed E-state index contributed by atoms with van der Waals surface area (Å²) >= 11 is 5.85. The van der Waals surface area contributed by atoms with Gasteiger partial charge in [-0.15, -0.1) is 6.58 Å². The van der Waals surface area contributed by atoms with Gasteiger partial charge < -0.3 is 4.90 Å². The van der Waals surface area contributed by atoms with Crippen LogP contribution in [0, 0.1) is 6.92 Å². The molecule has 0 unspecified atom stereocenters. The molecule has 0 aliphatic carbocycles. The molecule has 0 aliphatic rings. The maximum Gasteiger partial charge on any atom is 0.254 e. The Labute approximate surface area is 107 Å². The van der Waals surface area contributed by atoms with Crippen molar-refractivity contribution in [2.24, 2.45) is 0 Å². The summed E-state index contributed by atoms with van der Waals surface area (Å²) in [5, 5.41) is 0.350. The smallest absolute Gasteiger partial charge is 0.254 e. The molecule has 3 nitrogen and oxygen atoms in total. The van der Waals surface area contributed by atoms with Crippen LogP contribution < -0.4 is 0 Å². The maximum absolute atomic E-state index is 12.2. The molecule has 0 radical (unpaired) electrons. The first-order valence-electron chi connectivity index (χ1n) is 5.62. The van der Waals surface area contributed by atoms with Gasteiger partial charge in [0.15, 0.2) is 0 Å². The summed E-state index contributed by atoms with van der Waals surface area (Å²) in [5.41, 5.74) is 1.33. The van der Waals surface area contributed by atoms with Crippen molar-refractivity contribution in [3.05, 3.63) is 41.2 Å². The molecule has 0 N–H and O–H groups in total. The first kappa shape index (κ1) is 13.7. The summed E-state index contributed by atoms with van der Waals surface area (Å²) in [4.78, 5) is 18.0. The minimum Gasteiger partial charge on any atom is -0.335 e. The predicted molar refractivity (Wildman–Crippen MR) is 70.4 cm³/mol. The van der Waals surface area contributed by atoms with Crippen LogP contribution in [0.1, 0.15) is 29.4 Å². The van der Waals surface area contributed by atoms with Crippen molar-refractivity contribution < 1.29 is 4.79 Å². The van der Waals surface area contributed by atoms with E-state index in [0.717, 1.165) is 12.1 Å². The second kappa shape index (κ2) is 6.40. The molecular weight excluding hydrogens is 236 g/mol. The number of carbonyl (C=O) groups excluding carboxylic acids is 1. The van der Waals surface area contributed by atoms with Crippen LogP contribution in [-0.2, 0) is 0 Å². The number of hydrogen-bond donors (Lipinski definition) is 0. The highest BCUT2D eigenvalue weighted by Gasteiger charge is 2.14. The minimum absolute atomic E-state index is 0.0286. The van der Waals surface area contributed by atoms with E-state index in [4.69, 9.17) is 11.6 Å². The van der Waals surface area contributed by atoms with E-state index in [1.54, 1.807) is 23.1 Å². The second-order valence-electron chi connectivity index (χ2n) is 3.86. The van der Waals surface area contributed by atoms with E-state index in [1.807, 2.05) is 13.8 Å². The van der Waals surface area contributed by atoms with Gasteiger partial charge in [0, 0.05) is 24.3 Å². The van der Waals surface area contributed by atoms with Gasteiger partial charge in [0.1, 0.15) is 5.15 Å². The summed E-state index contributed by atoms with van der Waals surface area (Å²) < 4.78 is 0. The van der Waals surface area contributed by atoms with Gasteiger partial charge in [0.2, 0.25) is 0 Å². The number of hydrogen-bond acceptors (Lipinski definition) is 2. The molecule has 0 bridgehead atoms. The Balaban J connectivity index is 2.95. The summed E-state index contributed by atoms with van der Waals surface area (Å²) in [6.45, 7) is 8.78. The third kappa shape index (κ3) is 3.86. The van der Waals surface area contributed by atoms with Crippen LogP contribution in [0.2, 0.25) is 5.15 Å². The van der Waals surface area contributed by atoms with Crippen LogP contribution in [0.3, 0.4) is 0 Å². The number of aromatic nitrogens is 1. The van der Waals surface area contributed by atoms with Gasteiger partial charge in [0.25, 0.3) is 5.91 Å². The fourth-order valence-electron chi connectivity index (χ4n) is 1.64. The lowest BCUT2D eigenvalue weighted by Gasteiger charge is -2.20. The third-order valence-corrected chi connectivity index (χ3v) is 2.49. The molecule has 0 spiro atoms. The van der Waals surface area contributed by atoms with E-state index < -0.39 is 0 Å². The molecule has 0 saturated heterocycles. The van der Waals surface area contributed by atoms with Gasteiger partial charge in [-0.3, -0.25) is 4.79 Å². The molecule has 0 aliphatic heterocycles. The SMILES string of the molecule is C=CCN(CCC)C(=O)c1cc(C)nc(Cl)c1. The van der Waals surface area contributed by atoms with Crippen molar-refractivity contribution in [1.82, 2.24) is 9.88 Å². The second-order valence-corrected chi connectivity index (χ2v) is 4.25. The van der Waals surface area contributed by atoms with E-state index in [1.165, 1.54) is 0 Å². The van der Waals surface area contributed by atoms with Crippen molar-refractivity contribution >= 4 is 17.5 Å². The van der Waals surface area contributed by atoms with Crippen molar-refractivity contribution in [1.29, 1.82) is 0 Å². The minimum atomic E-state index is -0.0286. The lowest BCUT2D eigenvalue weighted by molar-refractivity contribution is 0.0773. The zero-order chi connectivity index (χ0) is 12.8. The summed E-state index contributed by atoms with van der Waals surface area (Å²) in [5.74, 6) is -0.0286. The molecule has 0 saturated carbocycles. The molecule has 92 valence electrons. The Morgan fingerprint density at radius 2 is 2.29 bits per heavy atom. The number of nitrogens with zero attached hydrogens (tertiary/aromatic N) is 2. The highest BCUT2D eigenvalue weighted by Crippen LogP contribution is 2.13. The van der Waals surface area contributed by atoms with Crippen LogP contribution in [0.25, 0.3) is 0 Å². The molecule has 0 aromatic carbocycles. The van der Waals surface area contributed by atoms with Crippen LogP contribution in [0.4, 0.5) is 0 Å². The Morgan fingerprint density at radius 1 is 1.59 bits per heavy atom. The molecule has 1 aromatic rings. The molecule has 1 aromatic heterocycles. The molecule has 0 fully saturated rings. The molecule has 1 amide bonds. The number of rotatable bonds is 5. The molecule has 4 heteroatoms. The van der Waals surface area contributed by atoms with Gasteiger partial charge in [-0.25, -0.2) is 4.98 Å². The van der Waals surface area contributed by atoms with Crippen molar-refractivity contribution in [2.75, 3.05) is 13.1 Å². The summed E-state index contributed by atoms with van der Waals surface area (Å²) in [6.07, 6.45) is 2.64. The van der Waals surface area contributed by atoms with Crippen molar-refractivity contribution in [3.63, 3.8) is 0 Å². The van der Waals surface area contributed by atoms with E-state index in [-0.39, 0.29) is 5.91 Å². The molecule has 0 atom stereocenters. The average molecular weight is 253 g/mol. The van der Waals surface area contributed by atoms with Gasteiger partial charge in [0.05, 0.1) is 0 Å². The normalized spacial score (nSPS) is 10.1. The quantitative estimate of drug-likeness (QED) is 0.596. The standard InChI is InChI=1S/C13H17ClN2O/c1-4-6-16(7-5-2)13(17)11-8-10(3)15-12(14)9-11/h4,8-9H,1,5-7H2,2-3H3. The number of aryl methyl sites for hydroxylation is 1.